The highest BCUT2D eigenvalue weighted by Gasteiger charge is 2.05. The third-order valence-corrected chi connectivity index (χ3v) is 3.92. The molecule has 0 spiro atoms. The molecule has 6 nitrogen and oxygen atoms in total. The molecule has 1 aromatic heterocycles. The Morgan fingerprint density at radius 1 is 1.04 bits per heavy atom. The maximum atomic E-state index is 13.1. The number of aromatic nitrogens is 2. The van der Waals surface area contributed by atoms with Crippen molar-refractivity contribution in [2.24, 2.45) is 0 Å². The van der Waals surface area contributed by atoms with Gasteiger partial charge in [-0.2, -0.15) is 4.98 Å². The third-order valence-electron chi connectivity index (χ3n) is 3.92. The Bertz CT molecular complexity index is 933. The Hall–Kier alpha value is -3.48. The number of hydrogen-bond acceptors (Lipinski definition) is 5. The third kappa shape index (κ3) is 6.05. The lowest BCUT2D eigenvalue weighted by atomic mass is 10.2. The van der Waals surface area contributed by atoms with Crippen LogP contribution in [-0.2, 0) is 11.3 Å². The summed E-state index contributed by atoms with van der Waals surface area (Å²) in [5.74, 6) is 0.700. The monoisotopic (exact) mass is 379 g/mol. The minimum Gasteiger partial charge on any atom is -0.369 e. The molecule has 1 heterocycles. The lowest BCUT2D eigenvalue weighted by molar-refractivity contribution is -0.121. The molecule has 0 unspecified atom stereocenters. The highest BCUT2D eigenvalue weighted by molar-refractivity contribution is 5.76. The van der Waals surface area contributed by atoms with Crippen LogP contribution in [0, 0.1) is 12.7 Å². The number of carbonyl (C=O) groups is 1. The number of nitrogens with one attached hydrogen (secondary N) is 3. The number of para-hydroxylation sites is 1. The smallest absolute Gasteiger partial charge is 0.229 e. The molecule has 0 fully saturated rings. The van der Waals surface area contributed by atoms with Gasteiger partial charge in [-0.1, -0.05) is 30.3 Å². The topological polar surface area (TPSA) is 78.9 Å². The summed E-state index contributed by atoms with van der Waals surface area (Å²) >= 11 is 0. The van der Waals surface area contributed by atoms with Crippen molar-refractivity contribution in [1.82, 2.24) is 15.3 Å². The molecular weight excluding hydrogens is 357 g/mol. The van der Waals surface area contributed by atoms with Crippen molar-refractivity contribution in [3.63, 3.8) is 0 Å². The minimum absolute atomic E-state index is 0.120. The van der Waals surface area contributed by atoms with Crippen molar-refractivity contribution in [1.29, 1.82) is 0 Å². The highest BCUT2D eigenvalue weighted by atomic mass is 19.1. The van der Waals surface area contributed by atoms with E-state index in [0.717, 1.165) is 16.9 Å². The zero-order valence-electron chi connectivity index (χ0n) is 15.6. The van der Waals surface area contributed by atoms with Gasteiger partial charge in [0.25, 0.3) is 0 Å². The van der Waals surface area contributed by atoms with Crippen molar-refractivity contribution >= 4 is 23.4 Å². The number of aryl methyl sites for hydroxylation is 1. The van der Waals surface area contributed by atoms with Crippen LogP contribution in [0.25, 0.3) is 0 Å². The lowest BCUT2D eigenvalue weighted by Crippen LogP contribution is -2.25. The van der Waals surface area contributed by atoms with E-state index in [4.69, 9.17) is 0 Å². The van der Waals surface area contributed by atoms with Gasteiger partial charge in [-0.25, -0.2) is 9.37 Å². The van der Waals surface area contributed by atoms with Crippen LogP contribution in [0.15, 0.2) is 60.7 Å². The van der Waals surface area contributed by atoms with Crippen LogP contribution >= 0.6 is 0 Å². The van der Waals surface area contributed by atoms with Gasteiger partial charge in [0.15, 0.2) is 0 Å². The molecule has 0 bridgehead atoms. The van der Waals surface area contributed by atoms with Gasteiger partial charge < -0.3 is 16.0 Å². The molecule has 0 aliphatic rings. The maximum absolute atomic E-state index is 13.1. The van der Waals surface area contributed by atoms with Crippen LogP contribution in [0.4, 0.5) is 21.8 Å². The Morgan fingerprint density at radius 2 is 1.86 bits per heavy atom. The molecule has 144 valence electrons. The average Bonchev–Trinajstić information content (AvgIpc) is 2.67. The molecule has 0 aliphatic carbocycles. The number of nitrogens with zero attached hydrogens (tertiary/aromatic N) is 2. The molecule has 28 heavy (non-hydrogen) atoms. The SMILES string of the molecule is Cc1cc(NCCC(=O)NCc2cccc(F)c2)nc(Nc2ccccc2)n1. The van der Waals surface area contributed by atoms with Gasteiger partial charge in [-0.05, 0) is 36.8 Å². The Labute approximate surface area is 163 Å². The van der Waals surface area contributed by atoms with Crippen LogP contribution in [0.5, 0.6) is 0 Å². The summed E-state index contributed by atoms with van der Waals surface area (Å²) in [5.41, 5.74) is 2.44. The maximum Gasteiger partial charge on any atom is 0.229 e. The van der Waals surface area contributed by atoms with E-state index in [0.29, 0.717) is 24.9 Å². The Morgan fingerprint density at radius 3 is 2.64 bits per heavy atom. The molecule has 3 aromatic rings. The zero-order chi connectivity index (χ0) is 19.8. The second kappa shape index (κ2) is 9.45. The Kier molecular flexibility index (Phi) is 6.51. The largest absolute Gasteiger partial charge is 0.369 e. The van der Waals surface area contributed by atoms with E-state index in [1.807, 2.05) is 43.3 Å². The number of anilines is 3. The molecule has 0 saturated heterocycles. The Balaban J connectivity index is 1.48. The number of halogens is 1. The summed E-state index contributed by atoms with van der Waals surface area (Å²) in [6.45, 7) is 2.61. The first-order chi connectivity index (χ1) is 13.6. The van der Waals surface area contributed by atoms with Gasteiger partial charge in [0, 0.05) is 37.0 Å². The van der Waals surface area contributed by atoms with Gasteiger partial charge in [0.1, 0.15) is 11.6 Å². The molecule has 1 amide bonds. The quantitative estimate of drug-likeness (QED) is 0.555. The van der Waals surface area contributed by atoms with Crippen LogP contribution < -0.4 is 16.0 Å². The summed E-state index contributed by atoms with van der Waals surface area (Å²) < 4.78 is 13.1. The van der Waals surface area contributed by atoms with Crippen LogP contribution in [0.3, 0.4) is 0 Å². The predicted molar refractivity (Wildman–Crippen MR) is 108 cm³/mol. The van der Waals surface area contributed by atoms with Crippen LogP contribution in [-0.4, -0.2) is 22.4 Å². The van der Waals surface area contributed by atoms with Crippen molar-refractivity contribution in [2.75, 3.05) is 17.2 Å². The van der Waals surface area contributed by atoms with Crippen molar-refractivity contribution < 1.29 is 9.18 Å². The molecule has 0 radical (unpaired) electrons. The summed E-state index contributed by atoms with van der Waals surface area (Å²) in [6.07, 6.45) is 0.278. The average molecular weight is 379 g/mol. The summed E-state index contributed by atoms with van der Waals surface area (Å²) in [5, 5.41) is 9.07. The second-order valence-electron chi connectivity index (χ2n) is 6.29. The van der Waals surface area contributed by atoms with Gasteiger partial charge in [0.2, 0.25) is 11.9 Å². The number of amides is 1. The van der Waals surface area contributed by atoms with Gasteiger partial charge in [-0.3, -0.25) is 4.79 Å². The van der Waals surface area contributed by atoms with Gasteiger partial charge in [0.05, 0.1) is 0 Å². The highest BCUT2D eigenvalue weighted by Crippen LogP contribution is 2.15. The number of rotatable bonds is 8. The van der Waals surface area contributed by atoms with Gasteiger partial charge >= 0.3 is 0 Å². The van der Waals surface area contributed by atoms with Crippen molar-refractivity contribution in [3.05, 3.63) is 77.7 Å². The number of benzene rings is 2. The molecule has 0 atom stereocenters. The molecule has 3 rings (SSSR count). The molecule has 0 saturated carbocycles. The first-order valence-electron chi connectivity index (χ1n) is 9.01. The van der Waals surface area contributed by atoms with E-state index in [1.54, 1.807) is 12.1 Å². The number of carbonyl (C=O) groups excluding carboxylic acids is 1. The molecule has 2 aromatic carbocycles. The summed E-state index contributed by atoms with van der Waals surface area (Å²) in [7, 11) is 0. The van der Waals surface area contributed by atoms with E-state index < -0.39 is 0 Å². The second-order valence-corrected chi connectivity index (χ2v) is 6.29. The van der Waals surface area contributed by atoms with E-state index in [2.05, 4.69) is 25.9 Å². The zero-order valence-corrected chi connectivity index (χ0v) is 15.6. The molecular formula is C21H22FN5O. The van der Waals surface area contributed by atoms with Gasteiger partial charge in [-0.15, -0.1) is 0 Å². The van der Waals surface area contributed by atoms with E-state index >= 15 is 0 Å². The van der Waals surface area contributed by atoms with Crippen LogP contribution in [0.1, 0.15) is 17.7 Å². The fraction of sp³-hybridized carbons (Fsp3) is 0.190. The van der Waals surface area contributed by atoms with Crippen LogP contribution in [0.2, 0.25) is 0 Å². The van der Waals surface area contributed by atoms with E-state index in [-0.39, 0.29) is 18.1 Å². The molecule has 3 N–H and O–H groups in total. The lowest BCUT2D eigenvalue weighted by Gasteiger charge is -2.10. The number of hydrogen-bond donors (Lipinski definition) is 3. The summed E-state index contributed by atoms with van der Waals surface area (Å²) in [6, 6.07) is 17.7. The fourth-order valence-corrected chi connectivity index (χ4v) is 2.61. The van der Waals surface area contributed by atoms with Crippen molar-refractivity contribution in [3.8, 4) is 0 Å². The first-order valence-corrected chi connectivity index (χ1v) is 9.01. The molecule has 7 heteroatoms. The fourth-order valence-electron chi connectivity index (χ4n) is 2.61. The first kappa shape index (κ1) is 19.3. The minimum atomic E-state index is -0.313. The molecule has 0 aliphatic heterocycles. The van der Waals surface area contributed by atoms with Crippen molar-refractivity contribution in [2.45, 2.75) is 19.9 Å². The summed E-state index contributed by atoms with van der Waals surface area (Å²) in [4.78, 5) is 20.8. The normalized spacial score (nSPS) is 10.4. The standard InChI is InChI=1S/C21H22FN5O/c1-15-12-19(27-21(25-15)26-18-8-3-2-4-9-18)23-11-10-20(28)24-14-16-6-5-7-17(22)13-16/h2-9,12-13H,10-11,14H2,1H3,(H,24,28)(H2,23,25,26,27). The van der Waals surface area contributed by atoms with E-state index in [9.17, 15) is 9.18 Å². The van der Waals surface area contributed by atoms with E-state index in [1.165, 1.54) is 12.1 Å². The predicted octanol–water partition coefficient (Wildman–Crippen LogP) is 3.79.